The highest BCUT2D eigenvalue weighted by atomic mass is 19.1. The molecule has 1 unspecified atom stereocenters. The molecule has 1 fully saturated rings. The van der Waals surface area contributed by atoms with Crippen molar-refractivity contribution in [1.82, 2.24) is 10.6 Å². The van der Waals surface area contributed by atoms with Gasteiger partial charge >= 0.3 is 5.97 Å². The second-order valence-corrected chi connectivity index (χ2v) is 4.93. The van der Waals surface area contributed by atoms with Crippen molar-refractivity contribution in [3.63, 3.8) is 0 Å². The van der Waals surface area contributed by atoms with Gasteiger partial charge in [-0.3, -0.25) is 9.59 Å². The lowest BCUT2D eigenvalue weighted by molar-refractivity contribution is -0.147. The van der Waals surface area contributed by atoms with E-state index in [0.29, 0.717) is 0 Å². The highest BCUT2D eigenvalue weighted by molar-refractivity contribution is 5.97. The molecule has 1 aliphatic heterocycles. The molecule has 0 aromatic heterocycles. The Morgan fingerprint density at radius 2 is 2.14 bits per heavy atom. The molecule has 2 rings (SSSR count). The van der Waals surface area contributed by atoms with E-state index in [1.807, 2.05) is 0 Å². The van der Waals surface area contributed by atoms with Crippen LogP contribution in [0.4, 0.5) is 4.39 Å². The summed E-state index contributed by atoms with van der Waals surface area (Å²) in [7, 11) is 0. The molecule has 1 atom stereocenters. The fraction of sp³-hybridized carbons (Fsp3) is 0.357. The number of hydrogen-bond donors (Lipinski definition) is 3. The molecule has 2 amide bonds. The molecule has 1 aliphatic rings. The lowest BCUT2D eigenvalue weighted by Crippen LogP contribution is -2.57. The normalized spacial score (nSPS) is 20.4. The Morgan fingerprint density at radius 3 is 2.73 bits per heavy atom. The van der Waals surface area contributed by atoms with Crippen LogP contribution >= 0.6 is 0 Å². The molecule has 3 N–H and O–H groups in total. The molecule has 0 bridgehead atoms. The second-order valence-electron chi connectivity index (χ2n) is 4.93. The van der Waals surface area contributed by atoms with Crippen LogP contribution in [0.25, 0.3) is 0 Å². The maximum Gasteiger partial charge on any atom is 0.331 e. The Balaban J connectivity index is 1.90. The van der Waals surface area contributed by atoms with Crippen LogP contribution in [0.3, 0.4) is 0 Å². The van der Waals surface area contributed by atoms with Crippen molar-refractivity contribution >= 4 is 17.8 Å². The van der Waals surface area contributed by atoms with Crippen molar-refractivity contribution in [3.8, 4) is 0 Å². The summed E-state index contributed by atoms with van der Waals surface area (Å²) in [5.41, 5.74) is -1.38. The molecule has 8 heteroatoms. The van der Waals surface area contributed by atoms with E-state index >= 15 is 0 Å². The van der Waals surface area contributed by atoms with Crippen LogP contribution in [0.5, 0.6) is 0 Å². The molecule has 0 spiro atoms. The number of nitrogens with one attached hydrogen (secondary N) is 2. The molecule has 0 aliphatic carbocycles. The van der Waals surface area contributed by atoms with Crippen molar-refractivity contribution < 1.29 is 28.6 Å². The van der Waals surface area contributed by atoms with E-state index in [1.165, 1.54) is 18.2 Å². The molecule has 0 saturated carbocycles. The third-order valence-corrected chi connectivity index (χ3v) is 3.31. The van der Waals surface area contributed by atoms with Crippen molar-refractivity contribution in [2.75, 3.05) is 19.8 Å². The lowest BCUT2D eigenvalue weighted by Gasteiger charge is -2.23. The van der Waals surface area contributed by atoms with Gasteiger partial charge in [0, 0.05) is 18.6 Å². The number of carbonyl (C=O) groups is 3. The summed E-state index contributed by atoms with van der Waals surface area (Å²) in [5, 5.41) is 13.8. The van der Waals surface area contributed by atoms with Gasteiger partial charge < -0.3 is 20.5 Å². The zero-order valence-corrected chi connectivity index (χ0v) is 11.6. The number of rotatable bonds is 5. The van der Waals surface area contributed by atoms with Gasteiger partial charge in [-0.25, -0.2) is 9.18 Å². The number of amides is 2. The fourth-order valence-corrected chi connectivity index (χ4v) is 2.09. The molecule has 22 heavy (non-hydrogen) atoms. The van der Waals surface area contributed by atoms with Crippen molar-refractivity contribution in [2.45, 2.75) is 12.0 Å². The molecule has 118 valence electrons. The van der Waals surface area contributed by atoms with Crippen LogP contribution in [0, 0.1) is 5.82 Å². The van der Waals surface area contributed by atoms with E-state index < -0.39 is 35.7 Å². The number of carbonyl (C=O) groups excluding carboxylic acids is 2. The first-order valence-electron chi connectivity index (χ1n) is 6.59. The maximum atomic E-state index is 13.0. The minimum absolute atomic E-state index is 0.0740. The Bertz CT molecular complexity index is 599. The van der Waals surface area contributed by atoms with Gasteiger partial charge in [0.2, 0.25) is 5.91 Å². The van der Waals surface area contributed by atoms with E-state index in [2.05, 4.69) is 10.6 Å². The number of aliphatic carboxylic acids is 1. The zero-order valence-electron chi connectivity index (χ0n) is 11.6. The summed E-state index contributed by atoms with van der Waals surface area (Å²) in [6.07, 6.45) is 0.159. The van der Waals surface area contributed by atoms with Crippen LogP contribution in [-0.4, -0.2) is 48.2 Å². The number of halogens is 1. The van der Waals surface area contributed by atoms with E-state index in [-0.39, 0.29) is 25.2 Å². The monoisotopic (exact) mass is 310 g/mol. The highest BCUT2D eigenvalue weighted by Gasteiger charge is 2.43. The average Bonchev–Trinajstić information content (AvgIpc) is 2.94. The Hall–Kier alpha value is -2.48. The Morgan fingerprint density at radius 1 is 1.36 bits per heavy atom. The van der Waals surface area contributed by atoms with Crippen molar-refractivity contribution in [1.29, 1.82) is 0 Å². The van der Waals surface area contributed by atoms with E-state index in [9.17, 15) is 23.9 Å². The molecular formula is C14H15FN2O5. The Kier molecular flexibility index (Phi) is 4.71. The third-order valence-electron chi connectivity index (χ3n) is 3.31. The van der Waals surface area contributed by atoms with Gasteiger partial charge in [-0.2, -0.15) is 0 Å². The Labute approximate surface area is 125 Å². The van der Waals surface area contributed by atoms with Gasteiger partial charge in [-0.05, 0) is 18.2 Å². The summed E-state index contributed by atoms with van der Waals surface area (Å²) in [6, 6.07) is 5.01. The topological polar surface area (TPSA) is 105 Å². The lowest BCUT2D eigenvalue weighted by atomic mass is 9.99. The van der Waals surface area contributed by atoms with Gasteiger partial charge in [0.15, 0.2) is 5.54 Å². The maximum absolute atomic E-state index is 13.0. The van der Waals surface area contributed by atoms with E-state index in [1.54, 1.807) is 0 Å². The molecule has 0 radical (unpaired) electrons. The van der Waals surface area contributed by atoms with Crippen molar-refractivity contribution in [3.05, 3.63) is 35.6 Å². The van der Waals surface area contributed by atoms with E-state index in [4.69, 9.17) is 4.74 Å². The number of carboxylic acid groups (broad SMARTS) is 1. The number of carboxylic acids is 1. The minimum atomic E-state index is -1.46. The summed E-state index contributed by atoms with van der Waals surface area (Å²) in [6.45, 7) is -0.293. The largest absolute Gasteiger partial charge is 0.479 e. The SMILES string of the molecule is O=C(CNC(=O)c1cccc(F)c1)NC1(C(=O)O)CCOC1. The summed E-state index contributed by atoms with van der Waals surface area (Å²) in [4.78, 5) is 34.8. The minimum Gasteiger partial charge on any atom is -0.479 e. The van der Waals surface area contributed by atoms with Crippen LogP contribution in [0.1, 0.15) is 16.8 Å². The average molecular weight is 310 g/mol. The second kappa shape index (κ2) is 6.52. The van der Waals surface area contributed by atoms with Gasteiger partial charge in [0.25, 0.3) is 5.91 Å². The molecular weight excluding hydrogens is 295 g/mol. The number of ether oxygens (including phenoxy) is 1. The van der Waals surface area contributed by atoms with Gasteiger partial charge in [-0.1, -0.05) is 6.07 Å². The first-order valence-corrected chi connectivity index (χ1v) is 6.59. The molecule has 1 heterocycles. The summed E-state index contributed by atoms with van der Waals surface area (Å²) < 4.78 is 18.0. The number of benzene rings is 1. The first kappa shape index (κ1) is 15.9. The van der Waals surface area contributed by atoms with Crippen LogP contribution in [-0.2, 0) is 14.3 Å². The predicted molar refractivity (Wildman–Crippen MR) is 72.7 cm³/mol. The van der Waals surface area contributed by atoms with Crippen LogP contribution < -0.4 is 10.6 Å². The standard InChI is InChI=1S/C14H15FN2O5/c15-10-3-1-2-9(6-10)12(19)16-7-11(18)17-14(13(20)21)4-5-22-8-14/h1-3,6H,4-5,7-8H2,(H,16,19)(H,17,18)(H,20,21). The van der Waals surface area contributed by atoms with Gasteiger partial charge in [-0.15, -0.1) is 0 Å². The smallest absolute Gasteiger partial charge is 0.331 e. The highest BCUT2D eigenvalue weighted by Crippen LogP contribution is 2.18. The summed E-state index contributed by atoms with van der Waals surface area (Å²) in [5.74, 6) is -3.03. The molecule has 1 aromatic rings. The predicted octanol–water partition coefficient (Wildman–Crippen LogP) is -0.0846. The van der Waals surface area contributed by atoms with Gasteiger partial charge in [0.05, 0.1) is 13.2 Å². The van der Waals surface area contributed by atoms with Crippen molar-refractivity contribution in [2.24, 2.45) is 0 Å². The molecule has 1 saturated heterocycles. The quantitative estimate of drug-likeness (QED) is 0.705. The third kappa shape index (κ3) is 3.59. The fourth-order valence-electron chi connectivity index (χ4n) is 2.09. The molecule has 1 aromatic carbocycles. The number of hydrogen-bond acceptors (Lipinski definition) is 4. The molecule has 7 nitrogen and oxygen atoms in total. The van der Waals surface area contributed by atoms with Crippen LogP contribution in [0.15, 0.2) is 24.3 Å². The van der Waals surface area contributed by atoms with Gasteiger partial charge in [0.1, 0.15) is 5.82 Å². The zero-order chi connectivity index (χ0) is 16.2. The summed E-state index contributed by atoms with van der Waals surface area (Å²) >= 11 is 0. The van der Waals surface area contributed by atoms with E-state index in [0.717, 1.165) is 6.07 Å². The first-order chi connectivity index (χ1) is 10.4. The van der Waals surface area contributed by atoms with Crippen LogP contribution in [0.2, 0.25) is 0 Å².